The molecule has 1 aromatic heterocycles. The number of benzene rings is 2. The van der Waals surface area contributed by atoms with Crippen molar-refractivity contribution < 1.29 is 4.39 Å². The molecule has 3 nitrogen and oxygen atoms in total. The Morgan fingerprint density at radius 2 is 1.86 bits per heavy atom. The van der Waals surface area contributed by atoms with Crippen LogP contribution in [0.3, 0.4) is 0 Å². The smallest absolute Gasteiger partial charge is 0.128 e. The highest BCUT2D eigenvalue weighted by Gasteiger charge is 2.13. The zero-order valence-corrected chi connectivity index (χ0v) is 12.9. The largest absolute Gasteiger partial charge is 0.330 e. The first-order chi connectivity index (χ1) is 10.6. The van der Waals surface area contributed by atoms with Crippen molar-refractivity contribution in [3.8, 4) is 0 Å². The third-order valence-corrected chi connectivity index (χ3v) is 4.10. The molecule has 0 fully saturated rings. The van der Waals surface area contributed by atoms with E-state index in [0.29, 0.717) is 25.1 Å². The van der Waals surface area contributed by atoms with Gasteiger partial charge in [-0.3, -0.25) is 0 Å². The van der Waals surface area contributed by atoms with Gasteiger partial charge in [0.25, 0.3) is 0 Å². The zero-order valence-electron chi connectivity index (χ0n) is 12.9. The first-order valence-corrected chi connectivity index (χ1v) is 7.50. The summed E-state index contributed by atoms with van der Waals surface area (Å²) in [5.74, 6) is 0.720. The van der Waals surface area contributed by atoms with Gasteiger partial charge in [-0.15, -0.1) is 0 Å². The Hall–Kier alpha value is -2.20. The molecule has 0 saturated heterocycles. The van der Waals surface area contributed by atoms with Crippen molar-refractivity contribution in [3.63, 3.8) is 0 Å². The average Bonchev–Trinajstić information content (AvgIpc) is 2.80. The summed E-state index contributed by atoms with van der Waals surface area (Å²) in [6.45, 7) is 5.16. The molecule has 0 amide bonds. The number of aromatic nitrogens is 2. The van der Waals surface area contributed by atoms with Crippen molar-refractivity contribution in [2.75, 3.05) is 6.54 Å². The molecular weight excluding hydrogens is 277 g/mol. The Bertz CT molecular complexity index is 821. The van der Waals surface area contributed by atoms with Gasteiger partial charge >= 0.3 is 0 Å². The lowest BCUT2D eigenvalue weighted by atomic mass is 10.1. The van der Waals surface area contributed by atoms with E-state index in [9.17, 15) is 4.39 Å². The van der Waals surface area contributed by atoms with Crippen LogP contribution in [0.5, 0.6) is 0 Å². The number of hydrogen-bond acceptors (Lipinski definition) is 2. The lowest BCUT2D eigenvalue weighted by molar-refractivity contribution is 0.597. The van der Waals surface area contributed by atoms with Gasteiger partial charge in [-0.25, -0.2) is 9.37 Å². The standard InChI is InChI=1S/C18H20FN3/c1-12-9-16-17(10-13(12)2)22(18(21-16)7-8-20)11-14-5-3-4-6-15(14)19/h3-6,9-10H,7-8,11,20H2,1-2H3. The second kappa shape index (κ2) is 5.89. The maximum atomic E-state index is 14.0. The van der Waals surface area contributed by atoms with Gasteiger partial charge in [0.05, 0.1) is 17.6 Å². The van der Waals surface area contributed by atoms with Crippen LogP contribution in [0.4, 0.5) is 4.39 Å². The van der Waals surface area contributed by atoms with E-state index in [1.807, 2.05) is 12.1 Å². The highest BCUT2D eigenvalue weighted by atomic mass is 19.1. The molecule has 1 heterocycles. The van der Waals surface area contributed by atoms with Crippen molar-refractivity contribution in [2.24, 2.45) is 5.73 Å². The van der Waals surface area contributed by atoms with Crippen molar-refractivity contribution in [2.45, 2.75) is 26.8 Å². The van der Waals surface area contributed by atoms with Crippen molar-refractivity contribution >= 4 is 11.0 Å². The summed E-state index contributed by atoms with van der Waals surface area (Å²) in [5.41, 5.74) is 10.8. The minimum absolute atomic E-state index is 0.188. The fraction of sp³-hybridized carbons (Fsp3) is 0.278. The molecule has 4 heteroatoms. The number of halogens is 1. The summed E-state index contributed by atoms with van der Waals surface area (Å²) in [6, 6.07) is 11.1. The summed E-state index contributed by atoms with van der Waals surface area (Å²) in [4.78, 5) is 4.69. The molecule has 0 aliphatic carbocycles. The highest BCUT2D eigenvalue weighted by Crippen LogP contribution is 2.23. The molecule has 0 aliphatic rings. The minimum Gasteiger partial charge on any atom is -0.330 e. The van der Waals surface area contributed by atoms with Crippen LogP contribution in [0.2, 0.25) is 0 Å². The maximum Gasteiger partial charge on any atom is 0.128 e. The highest BCUT2D eigenvalue weighted by molar-refractivity contribution is 5.78. The van der Waals surface area contributed by atoms with Gasteiger partial charge in [0, 0.05) is 12.0 Å². The average molecular weight is 297 g/mol. The van der Waals surface area contributed by atoms with E-state index in [2.05, 4.69) is 30.5 Å². The van der Waals surface area contributed by atoms with Crippen LogP contribution in [-0.4, -0.2) is 16.1 Å². The lowest BCUT2D eigenvalue weighted by Gasteiger charge is -2.10. The van der Waals surface area contributed by atoms with Gasteiger partial charge in [0.2, 0.25) is 0 Å². The first-order valence-electron chi connectivity index (χ1n) is 7.50. The number of fused-ring (bicyclic) bond motifs is 1. The van der Waals surface area contributed by atoms with E-state index in [0.717, 1.165) is 16.9 Å². The molecular formula is C18H20FN3. The van der Waals surface area contributed by atoms with Crippen LogP contribution in [-0.2, 0) is 13.0 Å². The van der Waals surface area contributed by atoms with Gasteiger partial charge in [-0.1, -0.05) is 18.2 Å². The summed E-state index contributed by atoms with van der Waals surface area (Å²) < 4.78 is 16.1. The van der Waals surface area contributed by atoms with Crippen molar-refractivity contribution in [3.05, 3.63) is 64.7 Å². The number of rotatable bonds is 4. The van der Waals surface area contributed by atoms with Crippen molar-refractivity contribution in [1.82, 2.24) is 9.55 Å². The molecule has 0 unspecified atom stereocenters. The fourth-order valence-corrected chi connectivity index (χ4v) is 2.72. The third-order valence-electron chi connectivity index (χ3n) is 4.10. The molecule has 0 atom stereocenters. The Morgan fingerprint density at radius 1 is 1.14 bits per heavy atom. The van der Waals surface area contributed by atoms with Crippen molar-refractivity contribution in [1.29, 1.82) is 0 Å². The van der Waals surface area contributed by atoms with Gasteiger partial charge in [-0.05, 0) is 49.7 Å². The molecule has 3 aromatic rings. The number of hydrogen-bond donors (Lipinski definition) is 1. The van der Waals surface area contributed by atoms with E-state index < -0.39 is 0 Å². The van der Waals surface area contributed by atoms with Crippen LogP contribution < -0.4 is 5.73 Å². The summed E-state index contributed by atoms with van der Waals surface area (Å²) in [5, 5.41) is 0. The van der Waals surface area contributed by atoms with E-state index >= 15 is 0 Å². The summed E-state index contributed by atoms with van der Waals surface area (Å²) in [6.07, 6.45) is 0.682. The Labute approximate surface area is 129 Å². The lowest BCUT2D eigenvalue weighted by Crippen LogP contribution is -2.11. The minimum atomic E-state index is -0.188. The van der Waals surface area contributed by atoms with Crippen LogP contribution in [0.1, 0.15) is 22.5 Å². The molecule has 3 rings (SSSR count). The topological polar surface area (TPSA) is 43.8 Å². The van der Waals surface area contributed by atoms with E-state index in [1.54, 1.807) is 6.07 Å². The Kier molecular flexibility index (Phi) is 3.94. The molecule has 0 radical (unpaired) electrons. The van der Waals surface area contributed by atoms with Gasteiger partial charge in [0.15, 0.2) is 0 Å². The molecule has 22 heavy (non-hydrogen) atoms. The number of nitrogens with zero attached hydrogens (tertiary/aromatic N) is 2. The molecule has 0 aliphatic heterocycles. The molecule has 2 aromatic carbocycles. The quantitative estimate of drug-likeness (QED) is 0.802. The third kappa shape index (κ3) is 2.62. The van der Waals surface area contributed by atoms with E-state index in [4.69, 9.17) is 10.7 Å². The molecule has 0 saturated carbocycles. The summed E-state index contributed by atoms with van der Waals surface area (Å²) in [7, 11) is 0. The number of imidazole rings is 1. The van der Waals surface area contributed by atoms with E-state index in [-0.39, 0.29) is 5.82 Å². The SMILES string of the molecule is Cc1cc2nc(CCN)n(Cc3ccccc3F)c2cc1C. The summed E-state index contributed by atoms with van der Waals surface area (Å²) >= 11 is 0. The molecule has 2 N–H and O–H groups in total. The van der Waals surface area contributed by atoms with Crippen LogP contribution in [0, 0.1) is 19.7 Å². The predicted octanol–water partition coefficient (Wildman–Crippen LogP) is 3.34. The Balaban J connectivity index is 2.15. The molecule has 0 spiro atoms. The number of nitrogens with two attached hydrogens (primary N) is 1. The normalized spacial score (nSPS) is 11.3. The predicted molar refractivity (Wildman–Crippen MR) is 87.5 cm³/mol. The zero-order chi connectivity index (χ0) is 15.7. The van der Waals surface area contributed by atoms with Crippen LogP contribution >= 0.6 is 0 Å². The fourth-order valence-electron chi connectivity index (χ4n) is 2.72. The molecule has 0 bridgehead atoms. The number of aryl methyl sites for hydroxylation is 2. The van der Waals surface area contributed by atoms with E-state index in [1.165, 1.54) is 17.2 Å². The van der Waals surface area contributed by atoms with Gasteiger partial charge < -0.3 is 10.3 Å². The van der Waals surface area contributed by atoms with Crippen LogP contribution in [0.25, 0.3) is 11.0 Å². The first kappa shape index (κ1) is 14.7. The maximum absolute atomic E-state index is 14.0. The van der Waals surface area contributed by atoms with Crippen LogP contribution in [0.15, 0.2) is 36.4 Å². The monoisotopic (exact) mass is 297 g/mol. The Morgan fingerprint density at radius 3 is 2.59 bits per heavy atom. The van der Waals surface area contributed by atoms with Gasteiger partial charge in [0.1, 0.15) is 11.6 Å². The second-order valence-electron chi connectivity index (χ2n) is 5.67. The molecule has 114 valence electrons. The second-order valence-corrected chi connectivity index (χ2v) is 5.67. The van der Waals surface area contributed by atoms with Gasteiger partial charge in [-0.2, -0.15) is 0 Å².